The van der Waals surface area contributed by atoms with Crippen molar-refractivity contribution in [3.63, 3.8) is 0 Å². The van der Waals surface area contributed by atoms with Gasteiger partial charge in [-0.2, -0.15) is 5.10 Å². The number of hydrogen-bond donors (Lipinski definition) is 0. The van der Waals surface area contributed by atoms with Crippen LogP contribution in [0.1, 0.15) is 20.3 Å². The van der Waals surface area contributed by atoms with E-state index in [9.17, 15) is 0 Å². The van der Waals surface area contributed by atoms with Gasteiger partial charge in [-0.05, 0) is 25.5 Å². The third-order valence-electron chi connectivity index (χ3n) is 1.96. The Bertz CT molecular complexity index is 277. The highest BCUT2D eigenvalue weighted by atomic mass is 15.4. The summed E-state index contributed by atoms with van der Waals surface area (Å²) in [5, 5.41) is 6.32. The van der Waals surface area contributed by atoms with Gasteiger partial charge in [-0.25, -0.2) is 0 Å². The molecular weight excluding hydrogens is 160 g/mol. The molecule has 0 aromatic heterocycles. The van der Waals surface area contributed by atoms with Crippen molar-refractivity contribution >= 4 is 11.4 Å². The summed E-state index contributed by atoms with van der Waals surface area (Å²) >= 11 is 0. The van der Waals surface area contributed by atoms with E-state index in [0.717, 1.165) is 17.8 Å². The number of para-hydroxylation sites is 1. The molecule has 0 amide bonds. The van der Waals surface area contributed by atoms with E-state index >= 15 is 0 Å². The van der Waals surface area contributed by atoms with Crippen molar-refractivity contribution in [3.8, 4) is 0 Å². The molecule has 2 nitrogen and oxygen atoms in total. The van der Waals surface area contributed by atoms with Gasteiger partial charge in [0.2, 0.25) is 0 Å². The van der Waals surface area contributed by atoms with Crippen LogP contribution in [-0.2, 0) is 0 Å². The number of hydrogen-bond acceptors (Lipinski definition) is 2. The van der Waals surface area contributed by atoms with Crippen LogP contribution in [-0.4, -0.2) is 12.8 Å². The Balaban J connectivity index is 2.75. The van der Waals surface area contributed by atoms with Gasteiger partial charge in [0.05, 0.1) is 5.69 Å². The molecule has 0 spiro atoms. The second kappa shape index (κ2) is 4.65. The first-order chi connectivity index (χ1) is 6.24. The highest BCUT2D eigenvalue weighted by Gasteiger charge is 1.96. The van der Waals surface area contributed by atoms with Gasteiger partial charge in [0.25, 0.3) is 0 Å². The molecule has 0 saturated heterocycles. The van der Waals surface area contributed by atoms with Crippen molar-refractivity contribution in [3.05, 3.63) is 30.3 Å². The van der Waals surface area contributed by atoms with Gasteiger partial charge < -0.3 is 0 Å². The van der Waals surface area contributed by atoms with E-state index in [4.69, 9.17) is 0 Å². The lowest BCUT2D eigenvalue weighted by Crippen LogP contribution is -2.10. The maximum Gasteiger partial charge on any atom is 0.0590 e. The molecule has 0 bridgehead atoms. The molecule has 1 aromatic rings. The predicted octanol–water partition coefficient (Wildman–Crippen LogP) is 2.91. The van der Waals surface area contributed by atoms with Crippen LogP contribution in [0.3, 0.4) is 0 Å². The fourth-order valence-electron chi connectivity index (χ4n) is 1.03. The molecule has 0 aliphatic rings. The second-order valence-electron chi connectivity index (χ2n) is 3.05. The maximum absolute atomic E-state index is 4.42. The number of nitrogens with zero attached hydrogens (tertiary/aromatic N) is 2. The Labute approximate surface area is 79.9 Å². The standard InChI is InChI=1S/C11H16N2/c1-4-10(2)12-13(3)11-8-6-5-7-9-11/h5-9H,4H2,1-3H3. The van der Waals surface area contributed by atoms with Gasteiger partial charge in [0.1, 0.15) is 0 Å². The van der Waals surface area contributed by atoms with Crippen molar-refractivity contribution in [1.82, 2.24) is 0 Å². The molecule has 1 aromatic carbocycles. The molecule has 0 saturated carbocycles. The minimum atomic E-state index is 0.997. The number of benzene rings is 1. The first-order valence-corrected chi connectivity index (χ1v) is 4.57. The Morgan fingerprint density at radius 3 is 2.46 bits per heavy atom. The first kappa shape index (κ1) is 9.78. The quantitative estimate of drug-likeness (QED) is 0.510. The predicted molar refractivity (Wildman–Crippen MR) is 58.2 cm³/mol. The number of rotatable bonds is 3. The van der Waals surface area contributed by atoms with Crippen molar-refractivity contribution < 1.29 is 0 Å². The van der Waals surface area contributed by atoms with E-state index in [1.807, 2.05) is 49.3 Å². The monoisotopic (exact) mass is 176 g/mol. The fraction of sp³-hybridized carbons (Fsp3) is 0.364. The van der Waals surface area contributed by atoms with Gasteiger partial charge in [0, 0.05) is 12.8 Å². The van der Waals surface area contributed by atoms with Crippen LogP contribution in [0.2, 0.25) is 0 Å². The zero-order chi connectivity index (χ0) is 9.68. The van der Waals surface area contributed by atoms with Crippen molar-refractivity contribution in [2.24, 2.45) is 5.10 Å². The van der Waals surface area contributed by atoms with E-state index < -0.39 is 0 Å². The van der Waals surface area contributed by atoms with Crippen LogP contribution < -0.4 is 5.01 Å². The zero-order valence-electron chi connectivity index (χ0n) is 8.49. The first-order valence-electron chi connectivity index (χ1n) is 4.57. The van der Waals surface area contributed by atoms with Crippen LogP contribution >= 0.6 is 0 Å². The molecule has 0 aliphatic carbocycles. The smallest absolute Gasteiger partial charge is 0.0590 e. The van der Waals surface area contributed by atoms with E-state index in [2.05, 4.69) is 12.0 Å². The molecule has 0 N–H and O–H groups in total. The lowest BCUT2D eigenvalue weighted by atomic mass is 10.3. The average Bonchev–Trinajstić information content (AvgIpc) is 2.19. The lowest BCUT2D eigenvalue weighted by molar-refractivity contribution is 0.999. The fourth-order valence-corrected chi connectivity index (χ4v) is 1.03. The molecule has 13 heavy (non-hydrogen) atoms. The third-order valence-corrected chi connectivity index (χ3v) is 1.96. The summed E-state index contributed by atoms with van der Waals surface area (Å²) in [6.07, 6.45) is 0.997. The molecule has 0 aliphatic heterocycles. The highest BCUT2D eigenvalue weighted by molar-refractivity contribution is 5.82. The van der Waals surface area contributed by atoms with Gasteiger partial charge in [-0.3, -0.25) is 5.01 Å². The summed E-state index contributed by atoms with van der Waals surface area (Å²) < 4.78 is 0. The molecule has 0 heterocycles. The Morgan fingerprint density at radius 2 is 1.92 bits per heavy atom. The summed E-state index contributed by atoms with van der Waals surface area (Å²) in [7, 11) is 1.97. The van der Waals surface area contributed by atoms with Crippen LogP contribution in [0, 0.1) is 0 Å². The summed E-state index contributed by atoms with van der Waals surface area (Å²) in [6, 6.07) is 10.1. The number of hydrazone groups is 1. The van der Waals surface area contributed by atoms with Gasteiger partial charge in [-0.15, -0.1) is 0 Å². The Kier molecular flexibility index (Phi) is 3.50. The van der Waals surface area contributed by atoms with E-state index in [0.29, 0.717) is 0 Å². The Morgan fingerprint density at radius 1 is 1.31 bits per heavy atom. The van der Waals surface area contributed by atoms with Crippen LogP contribution in [0.25, 0.3) is 0 Å². The summed E-state index contributed by atoms with van der Waals surface area (Å²) in [6.45, 7) is 4.15. The molecule has 1 rings (SSSR count). The minimum absolute atomic E-state index is 0.997. The SMILES string of the molecule is CCC(C)=NN(C)c1ccccc1. The molecular formula is C11H16N2. The third kappa shape index (κ3) is 2.90. The molecule has 0 atom stereocenters. The van der Waals surface area contributed by atoms with E-state index in [1.54, 1.807) is 0 Å². The van der Waals surface area contributed by atoms with E-state index in [-0.39, 0.29) is 0 Å². The maximum atomic E-state index is 4.42. The summed E-state index contributed by atoms with van der Waals surface area (Å²) in [4.78, 5) is 0. The van der Waals surface area contributed by atoms with Crippen LogP contribution in [0.5, 0.6) is 0 Å². The summed E-state index contributed by atoms with van der Waals surface area (Å²) in [5.41, 5.74) is 2.27. The lowest BCUT2D eigenvalue weighted by Gasteiger charge is -2.13. The molecule has 70 valence electrons. The minimum Gasteiger partial charge on any atom is -0.269 e. The largest absolute Gasteiger partial charge is 0.269 e. The van der Waals surface area contributed by atoms with Crippen molar-refractivity contribution in [2.45, 2.75) is 20.3 Å². The van der Waals surface area contributed by atoms with Gasteiger partial charge >= 0.3 is 0 Å². The number of anilines is 1. The van der Waals surface area contributed by atoms with Crippen molar-refractivity contribution in [2.75, 3.05) is 12.1 Å². The zero-order valence-corrected chi connectivity index (χ0v) is 8.49. The van der Waals surface area contributed by atoms with E-state index in [1.165, 1.54) is 0 Å². The molecule has 2 heteroatoms. The van der Waals surface area contributed by atoms with Crippen molar-refractivity contribution in [1.29, 1.82) is 0 Å². The average molecular weight is 176 g/mol. The Hall–Kier alpha value is -1.31. The summed E-state index contributed by atoms with van der Waals surface area (Å²) in [5.74, 6) is 0. The normalized spacial score (nSPS) is 11.5. The highest BCUT2D eigenvalue weighted by Crippen LogP contribution is 2.11. The second-order valence-corrected chi connectivity index (χ2v) is 3.05. The van der Waals surface area contributed by atoms with Crippen LogP contribution in [0.15, 0.2) is 35.4 Å². The molecule has 0 radical (unpaired) electrons. The molecule has 0 fully saturated rings. The topological polar surface area (TPSA) is 15.6 Å². The van der Waals surface area contributed by atoms with Crippen LogP contribution in [0.4, 0.5) is 5.69 Å². The van der Waals surface area contributed by atoms with Gasteiger partial charge in [-0.1, -0.05) is 25.1 Å². The molecule has 0 unspecified atom stereocenters. The van der Waals surface area contributed by atoms with Gasteiger partial charge in [0.15, 0.2) is 0 Å².